The first kappa shape index (κ1) is 9.99. The molecule has 0 aliphatic carbocycles. The summed E-state index contributed by atoms with van der Waals surface area (Å²) in [4.78, 5) is 10.8. The number of aryl methyl sites for hydroxylation is 1. The van der Waals surface area contributed by atoms with Crippen molar-refractivity contribution in [1.82, 2.24) is 4.57 Å². The molecule has 0 spiro atoms. The van der Waals surface area contributed by atoms with Crippen LogP contribution < -0.4 is 11.2 Å². The van der Waals surface area contributed by atoms with E-state index in [1.165, 1.54) is 0 Å². The van der Waals surface area contributed by atoms with Crippen molar-refractivity contribution in [3.63, 3.8) is 0 Å². The van der Waals surface area contributed by atoms with E-state index in [2.05, 4.69) is 0 Å². The molecule has 1 aromatic heterocycles. The van der Waals surface area contributed by atoms with Crippen molar-refractivity contribution in [3.8, 4) is 0 Å². The van der Waals surface area contributed by atoms with E-state index in [1.54, 1.807) is 12.1 Å². The van der Waals surface area contributed by atoms with Gasteiger partial charge in [0.1, 0.15) is 0 Å². The molecule has 0 bridgehead atoms. The van der Waals surface area contributed by atoms with Crippen LogP contribution in [0.1, 0.15) is 19.3 Å². The van der Waals surface area contributed by atoms with Gasteiger partial charge in [0.2, 0.25) is 0 Å². The average molecular weight is 180 g/mol. The lowest BCUT2D eigenvalue weighted by molar-refractivity contribution is 0.588. The standard InChI is InChI=1S/C10H16N2O/c11-6-2-1-3-7-12-8-4-10(13)5-9-12/h4-5,8-9H,1-3,6-7,11H2. The highest BCUT2D eigenvalue weighted by Gasteiger charge is 1.89. The summed E-state index contributed by atoms with van der Waals surface area (Å²) in [6, 6.07) is 3.17. The third kappa shape index (κ3) is 3.90. The smallest absolute Gasteiger partial charge is 0.181 e. The van der Waals surface area contributed by atoms with E-state index in [4.69, 9.17) is 5.73 Å². The SMILES string of the molecule is NCCCCCn1ccc(=O)cc1. The van der Waals surface area contributed by atoms with Crippen LogP contribution >= 0.6 is 0 Å². The lowest BCUT2D eigenvalue weighted by atomic mass is 10.2. The van der Waals surface area contributed by atoms with Crippen molar-refractivity contribution in [2.75, 3.05) is 6.54 Å². The van der Waals surface area contributed by atoms with Crippen LogP contribution in [0.25, 0.3) is 0 Å². The molecule has 0 aliphatic rings. The van der Waals surface area contributed by atoms with Gasteiger partial charge in [-0.1, -0.05) is 6.42 Å². The van der Waals surface area contributed by atoms with Crippen molar-refractivity contribution in [2.24, 2.45) is 5.73 Å². The molecule has 0 unspecified atom stereocenters. The van der Waals surface area contributed by atoms with Gasteiger partial charge in [-0.15, -0.1) is 0 Å². The molecule has 0 fully saturated rings. The normalized spacial score (nSPS) is 10.2. The molecule has 0 amide bonds. The van der Waals surface area contributed by atoms with Gasteiger partial charge in [-0.25, -0.2) is 0 Å². The van der Waals surface area contributed by atoms with Gasteiger partial charge in [0.25, 0.3) is 0 Å². The molecular weight excluding hydrogens is 164 g/mol. The second-order valence-electron chi connectivity index (χ2n) is 3.12. The number of nitrogens with two attached hydrogens (primary N) is 1. The van der Waals surface area contributed by atoms with Gasteiger partial charge in [-0.2, -0.15) is 0 Å². The van der Waals surface area contributed by atoms with Crippen molar-refractivity contribution >= 4 is 0 Å². The molecule has 1 rings (SSSR count). The highest BCUT2D eigenvalue weighted by Crippen LogP contribution is 1.96. The molecule has 0 aliphatic heterocycles. The van der Waals surface area contributed by atoms with Gasteiger partial charge in [0.05, 0.1) is 0 Å². The Morgan fingerprint density at radius 1 is 1.15 bits per heavy atom. The molecule has 1 aromatic rings. The Morgan fingerprint density at radius 3 is 2.46 bits per heavy atom. The largest absolute Gasteiger partial charge is 0.354 e. The predicted molar refractivity (Wildman–Crippen MR) is 53.6 cm³/mol. The zero-order valence-corrected chi connectivity index (χ0v) is 7.78. The van der Waals surface area contributed by atoms with E-state index in [0.717, 1.165) is 32.4 Å². The van der Waals surface area contributed by atoms with Crippen molar-refractivity contribution < 1.29 is 0 Å². The Balaban J connectivity index is 2.29. The fourth-order valence-corrected chi connectivity index (χ4v) is 1.21. The third-order valence-corrected chi connectivity index (χ3v) is 1.98. The summed E-state index contributed by atoms with van der Waals surface area (Å²) < 4.78 is 2.03. The summed E-state index contributed by atoms with van der Waals surface area (Å²) in [7, 11) is 0. The Hall–Kier alpha value is -1.09. The Labute approximate surface area is 78.2 Å². The summed E-state index contributed by atoms with van der Waals surface area (Å²) >= 11 is 0. The molecule has 0 aromatic carbocycles. The quantitative estimate of drug-likeness (QED) is 0.686. The maximum Gasteiger partial charge on any atom is 0.181 e. The molecule has 0 saturated heterocycles. The van der Waals surface area contributed by atoms with E-state index in [0.29, 0.717) is 0 Å². The summed E-state index contributed by atoms with van der Waals surface area (Å²) in [5.74, 6) is 0. The fraction of sp³-hybridized carbons (Fsp3) is 0.500. The number of unbranched alkanes of at least 4 members (excludes halogenated alkanes) is 2. The predicted octanol–water partition coefficient (Wildman–Crippen LogP) is 0.977. The van der Waals surface area contributed by atoms with E-state index in [-0.39, 0.29) is 5.43 Å². The van der Waals surface area contributed by atoms with Gasteiger partial charge in [-0.3, -0.25) is 4.79 Å². The number of rotatable bonds is 5. The minimum Gasteiger partial charge on any atom is -0.354 e. The van der Waals surface area contributed by atoms with E-state index < -0.39 is 0 Å². The minimum absolute atomic E-state index is 0.0678. The van der Waals surface area contributed by atoms with Crippen LogP contribution in [0.15, 0.2) is 29.3 Å². The summed E-state index contributed by atoms with van der Waals surface area (Å²) in [6.07, 6.45) is 7.01. The molecular formula is C10H16N2O. The van der Waals surface area contributed by atoms with Crippen LogP contribution in [0.5, 0.6) is 0 Å². The van der Waals surface area contributed by atoms with Gasteiger partial charge in [0, 0.05) is 31.1 Å². The molecule has 13 heavy (non-hydrogen) atoms. The zero-order valence-electron chi connectivity index (χ0n) is 7.78. The molecule has 3 heteroatoms. The van der Waals surface area contributed by atoms with Gasteiger partial charge in [0.15, 0.2) is 5.43 Å². The highest BCUT2D eigenvalue weighted by molar-refractivity contribution is 4.93. The van der Waals surface area contributed by atoms with Crippen LogP contribution in [0, 0.1) is 0 Å². The summed E-state index contributed by atoms with van der Waals surface area (Å²) in [6.45, 7) is 1.74. The molecule has 0 saturated carbocycles. The molecule has 3 nitrogen and oxygen atoms in total. The van der Waals surface area contributed by atoms with Gasteiger partial charge < -0.3 is 10.3 Å². The Bertz CT molecular complexity index is 273. The summed E-state index contributed by atoms with van der Waals surface area (Å²) in [5.41, 5.74) is 5.45. The van der Waals surface area contributed by atoms with Crippen molar-refractivity contribution in [3.05, 3.63) is 34.7 Å². The number of pyridine rings is 1. The Kier molecular flexibility index (Phi) is 4.26. The highest BCUT2D eigenvalue weighted by atomic mass is 16.1. The number of aromatic nitrogens is 1. The Morgan fingerprint density at radius 2 is 1.85 bits per heavy atom. The van der Waals surface area contributed by atoms with Gasteiger partial charge >= 0.3 is 0 Å². The molecule has 1 heterocycles. The van der Waals surface area contributed by atoms with Crippen LogP contribution in [0.3, 0.4) is 0 Å². The first-order valence-corrected chi connectivity index (χ1v) is 4.69. The molecule has 0 radical (unpaired) electrons. The van der Waals surface area contributed by atoms with E-state index in [1.807, 2.05) is 17.0 Å². The van der Waals surface area contributed by atoms with Crippen LogP contribution in [-0.2, 0) is 6.54 Å². The third-order valence-electron chi connectivity index (χ3n) is 1.98. The molecule has 2 N–H and O–H groups in total. The van der Waals surface area contributed by atoms with Crippen LogP contribution in [-0.4, -0.2) is 11.1 Å². The van der Waals surface area contributed by atoms with Crippen LogP contribution in [0.2, 0.25) is 0 Å². The molecule has 72 valence electrons. The molecule has 0 atom stereocenters. The maximum atomic E-state index is 10.8. The topological polar surface area (TPSA) is 48.0 Å². The number of hydrogen-bond acceptors (Lipinski definition) is 2. The van der Waals surface area contributed by atoms with Gasteiger partial charge in [-0.05, 0) is 19.4 Å². The lowest BCUT2D eigenvalue weighted by Gasteiger charge is -2.04. The van der Waals surface area contributed by atoms with Crippen LogP contribution in [0.4, 0.5) is 0 Å². The first-order chi connectivity index (χ1) is 6.33. The minimum atomic E-state index is 0.0678. The number of hydrogen-bond donors (Lipinski definition) is 1. The van der Waals surface area contributed by atoms with Crippen molar-refractivity contribution in [2.45, 2.75) is 25.8 Å². The second kappa shape index (κ2) is 5.54. The zero-order chi connectivity index (χ0) is 9.52. The maximum absolute atomic E-state index is 10.8. The van der Waals surface area contributed by atoms with Crippen molar-refractivity contribution in [1.29, 1.82) is 0 Å². The second-order valence-corrected chi connectivity index (χ2v) is 3.12. The average Bonchev–Trinajstić information content (AvgIpc) is 2.15. The van der Waals surface area contributed by atoms with E-state index >= 15 is 0 Å². The summed E-state index contributed by atoms with van der Waals surface area (Å²) in [5, 5.41) is 0. The first-order valence-electron chi connectivity index (χ1n) is 4.69. The monoisotopic (exact) mass is 180 g/mol. The lowest BCUT2D eigenvalue weighted by Crippen LogP contribution is -2.04. The van der Waals surface area contributed by atoms with E-state index in [9.17, 15) is 4.79 Å². The number of nitrogens with zero attached hydrogens (tertiary/aromatic N) is 1. The fourth-order valence-electron chi connectivity index (χ4n) is 1.21.